The molecule has 1 aromatic heterocycles. The number of aromatic nitrogens is 2. The molecule has 0 unspecified atom stereocenters. The molecule has 1 saturated heterocycles. The largest absolute Gasteiger partial charge is 0.356 e. The van der Waals surface area contributed by atoms with E-state index in [4.69, 9.17) is 4.98 Å². The van der Waals surface area contributed by atoms with Gasteiger partial charge in [-0.3, -0.25) is 4.79 Å². The molecule has 33 heavy (non-hydrogen) atoms. The lowest BCUT2D eigenvalue weighted by atomic mass is 9.95. The monoisotopic (exact) mass is 445 g/mol. The predicted octanol–water partition coefficient (Wildman–Crippen LogP) is 5.33. The number of hydrogen-bond acceptors (Lipinski definition) is 5. The van der Waals surface area contributed by atoms with Gasteiger partial charge in [0.1, 0.15) is 11.6 Å². The molecule has 0 spiro atoms. The molecule has 2 N–H and O–H groups in total. The molecule has 2 aliphatic rings. The molecule has 1 amide bonds. The standard InChI is InChI=1S/C26H28FN5O/c1-18-17-23(32-15-3-2-4-16-32)31-25(28-18)30-22-11-9-21(10-12-22)29-24(33)26(13-14-26)19-5-7-20(27)8-6-19/h5-12,17H,2-4,13-16H2,1H3,(H,29,33)(H,28,30,31). The molecule has 2 aromatic carbocycles. The molecule has 0 radical (unpaired) electrons. The molecule has 3 aromatic rings. The third kappa shape index (κ3) is 4.67. The normalized spacial score (nSPS) is 16.8. The molecule has 5 rings (SSSR count). The summed E-state index contributed by atoms with van der Waals surface area (Å²) in [4.78, 5) is 24.5. The first kappa shape index (κ1) is 21.4. The lowest BCUT2D eigenvalue weighted by Crippen LogP contribution is -2.30. The quantitative estimate of drug-likeness (QED) is 0.537. The van der Waals surface area contributed by atoms with Crippen LogP contribution in [0.25, 0.3) is 0 Å². The Morgan fingerprint density at radius 3 is 2.27 bits per heavy atom. The number of hydrogen-bond donors (Lipinski definition) is 2. The molecule has 6 nitrogen and oxygen atoms in total. The van der Waals surface area contributed by atoms with Gasteiger partial charge in [0.15, 0.2) is 0 Å². The van der Waals surface area contributed by atoms with Crippen molar-refractivity contribution in [2.45, 2.75) is 44.4 Å². The Morgan fingerprint density at radius 2 is 1.61 bits per heavy atom. The van der Waals surface area contributed by atoms with Crippen LogP contribution in [0.4, 0.5) is 27.5 Å². The zero-order chi connectivity index (χ0) is 22.8. The molecule has 1 aliphatic carbocycles. The average Bonchev–Trinajstić information content (AvgIpc) is 3.63. The first-order chi connectivity index (χ1) is 16.0. The zero-order valence-electron chi connectivity index (χ0n) is 18.8. The van der Waals surface area contributed by atoms with Crippen molar-refractivity contribution < 1.29 is 9.18 Å². The summed E-state index contributed by atoms with van der Waals surface area (Å²) in [5.41, 5.74) is 2.81. The number of halogens is 1. The van der Waals surface area contributed by atoms with E-state index < -0.39 is 5.41 Å². The highest BCUT2D eigenvalue weighted by atomic mass is 19.1. The second-order valence-corrected chi connectivity index (χ2v) is 8.98. The predicted molar refractivity (Wildman–Crippen MR) is 128 cm³/mol. The summed E-state index contributed by atoms with van der Waals surface area (Å²) in [6.45, 7) is 4.04. The van der Waals surface area contributed by atoms with Crippen molar-refractivity contribution in [1.82, 2.24) is 9.97 Å². The molecule has 0 atom stereocenters. The number of rotatable bonds is 6. The Kier molecular flexibility index (Phi) is 5.70. The smallest absolute Gasteiger partial charge is 0.235 e. The topological polar surface area (TPSA) is 70.2 Å². The van der Waals surface area contributed by atoms with Crippen LogP contribution >= 0.6 is 0 Å². The van der Waals surface area contributed by atoms with Gasteiger partial charge in [-0.1, -0.05) is 12.1 Å². The van der Waals surface area contributed by atoms with E-state index in [1.54, 1.807) is 12.1 Å². The van der Waals surface area contributed by atoms with Crippen LogP contribution in [0.1, 0.15) is 43.4 Å². The molecule has 0 bridgehead atoms. The minimum atomic E-state index is -0.551. The summed E-state index contributed by atoms with van der Waals surface area (Å²) in [6, 6.07) is 15.8. The van der Waals surface area contributed by atoms with Crippen molar-refractivity contribution >= 4 is 29.0 Å². The second kappa shape index (κ2) is 8.81. The van der Waals surface area contributed by atoms with Crippen LogP contribution in [0.5, 0.6) is 0 Å². The van der Waals surface area contributed by atoms with Gasteiger partial charge >= 0.3 is 0 Å². The second-order valence-electron chi connectivity index (χ2n) is 8.98. The lowest BCUT2D eigenvalue weighted by molar-refractivity contribution is -0.118. The summed E-state index contributed by atoms with van der Waals surface area (Å²) in [5.74, 6) is 1.19. The molecule has 1 saturated carbocycles. The maximum atomic E-state index is 13.3. The molecule has 1 aliphatic heterocycles. The molecule has 170 valence electrons. The van der Waals surface area contributed by atoms with E-state index in [-0.39, 0.29) is 11.7 Å². The van der Waals surface area contributed by atoms with Gasteiger partial charge in [-0.2, -0.15) is 4.98 Å². The van der Waals surface area contributed by atoms with E-state index in [2.05, 4.69) is 20.5 Å². The Morgan fingerprint density at radius 1 is 0.939 bits per heavy atom. The van der Waals surface area contributed by atoms with Crippen molar-refractivity contribution in [2.24, 2.45) is 0 Å². The van der Waals surface area contributed by atoms with Gasteiger partial charge in [0.25, 0.3) is 0 Å². The zero-order valence-corrected chi connectivity index (χ0v) is 18.8. The lowest BCUT2D eigenvalue weighted by Gasteiger charge is -2.28. The summed E-state index contributed by atoms with van der Waals surface area (Å²) in [7, 11) is 0. The van der Waals surface area contributed by atoms with E-state index >= 15 is 0 Å². The van der Waals surface area contributed by atoms with Crippen molar-refractivity contribution in [3.63, 3.8) is 0 Å². The minimum absolute atomic E-state index is 0.0528. The van der Waals surface area contributed by atoms with Gasteiger partial charge < -0.3 is 15.5 Å². The van der Waals surface area contributed by atoms with Crippen LogP contribution in [0, 0.1) is 12.7 Å². The highest BCUT2D eigenvalue weighted by Crippen LogP contribution is 2.49. The molecule has 2 fully saturated rings. The van der Waals surface area contributed by atoms with Gasteiger partial charge in [-0.25, -0.2) is 9.37 Å². The molecular weight excluding hydrogens is 417 g/mol. The maximum absolute atomic E-state index is 13.3. The highest BCUT2D eigenvalue weighted by Gasteiger charge is 2.51. The fourth-order valence-electron chi connectivity index (χ4n) is 4.45. The van der Waals surface area contributed by atoms with Crippen LogP contribution in [0.3, 0.4) is 0 Å². The van der Waals surface area contributed by atoms with E-state index in [9.17, 15) is 9.18 Å². The number of nitrogens with one attached hydrogen (secondary N) is 2. The van der Waals surface area contributed by atoms with Crippen molar-refractivity contribution in [3.05, 3.63) is 71.7 Å². The van der Waals surface area contributed by atoms with Crippen molar-refractivity contribution in [3.8, 4) is 0 Å². The van der Waals surface area contributed by atoms with E-state index in [0.717, 1.165) is 54.4 Å². The Bertz CT molecular complexity index is 1140. The average molecular weight is 446 g/mol. The van der Waals surface area contributed by atoms with Crippen LogP contribution in [-0.4, -0.2) is 29.0 Å². The Balaban J connectivity index is 1.25. The number of aryl methyl sites for hydroxylation is 1. The molecule has 2 heterocycles. The van der Waals surface area contributed by atoms with Crippen LogP contribution in [-0.2, 0) is 10.2 Å². The fraction of sp³-hybridized carbons (Fsp3) is 0.346. The highest BCUT2D eigenvalue weighted by molar-refractivity contribution is 6.01. The van der Waals surface area contributed by atoms with Crippen molar-refractivity contribution in [2.75, 3.05) is 28.6 Å². The number of carbonyl (C=O) groups is 1. The molecular formula is C26H28FN5O. The number of nitrogens with zero attached hydrogens (tertiary/aromatic N) is 3. The van der Waals surface area contributed by atoms with Crippen molar-refractivity contribution in [1.29, 1.82) is 0 Å². The fourth-order valence-corrected chi connectivity index (χ4v) is 4.45. The van der Waals surface area contributed by atoms with Gasteiger partial charge in [-0.05, 0) is 81.0 Å². The number of carbonyl (C=O) groups excluding carboxylic acids is 1. The maximum Gasteiger partial charge on any atom is 0.235 e. The number of benzene rings is 2. The number of anilines is 4. The van der Waals surface area contributed by atoms with Gasteiger partial charge in [0.05, 0.1) is 5.41 Å². The Labute approximate surface area is 193 Å². The van der Waals surface area contributed by atoms with E-state index in [1.165, 1.54) is 31.4 Å². The minimum Gasteiger partial charge on any atom is -0.356 e. The van der Waals surface area contributed by atoms with Gasteiger partial charge in [0, 0.05) is 36.2 Å². The van der Waals surface area contributed by atoms with E-state index in [1.807, 2.05) is 37.3 Å². The molecule has 7 heteroatoms. The van der Waals surface area contributed by atoms with Crippen LogP contribution < -0.4 is 15.5 Å². The third-order valence-electron chi connectivity index (χ3n) is 6.50. The third-order valence-corrected chi connectivity index (χ3v) is 6.50. The van der Waals surface area contributed by atoms with E-state index in [0.29, 0.717) is 5.95 Å². The number of piperidine rings is 1. The summed E-state index contributed by atoms with van der Waals surface area (Å²) < 4.78 is 13.3. The number of amides is 1. The summed E-state index contributed by atoms with van der Waals surface area (Å²) in [6.07, 6.45) is 5.21. The first-order valence-electron chi connectivity index (χ1n) is 11.6. The SMILES string of the molecule is Cc1cc(N2CCCCC2)nc(Nc2ccc(NC(=O)C3(c4ccc(F)cc4)CC3)cc2)n1. The van der Waals surface area contributed by atoms with Gasteiger partial charge in [-0.15, -0.1) is 0 Å². The van der Waals surface area contributed by atoms with Gasteiger partial charge in [0.2, 0.25) is 11.9 Å². The Hall–Kier alpha value is -3.48. The first-order valence-corrected chi connectivity index (χ1v) is 11.6. The summed E-state index contributed by atoms with van der Waals surface area (Å²) in [5, 5.41) is 6.29. The van der Waals surface area contributed by atoms with Crippen LogP contribution in [0.15, 0.2) is 54.6 Å². The van der Waals surface area contributed by atoms with Crippen LogP contribution in [0.2, 0.25) is 0 Å². The summed E-state index contributed by atoms with van der Waals surface area (Å²) >= 11 is 0.